The third kappa shape index (κ3) is 6.67. The molecule has 1 amide bonds. The number of ether oxygens (including phenoxy) is 2. The van der Waals surface area contributed by atoms with Crippen molar-refractivity contribution in [2.75, 3.05) is 12.4 Å². The molecule has 0 bridgehead atoms. The summed E-state index contributed by atoms with van der Waals surface area (Å²) < 4.78 is 33.4. The van der Waals surface area contributed by atoms with Gasteiger partial charge in [-0.25, -0.2) is 4.79 Å². The first kappa shape index (κ1) is 22.5. The van der Waals surface area contributed by atoms with Crippen LogP contribution in [0.25, 0.3) is 0 Å². The number of halogens is 2. The summed E-state index contributed by atoms with van der Waals surface area (Å²) in [6.07, 6.45) is 0.0746. The van der Waals surface area contributed by atoms with E-state index in [4.69, 9.17) is 4.74 Å². The molecule has 162 valence electrons. The summed E-state index contributed by atoms with van der Waals surface area (Å²) in [4.78, 5) is 24.0. The fourth-order valence-electron chi connectivity index (χ4n) is 2.84. The number of hydrogen-bond donors (Lipinski definition) is 1. The smallest absolute Gasteiger partial charge is 0.387 e. The number of carbonyl (C=O) groups is 2. The van der Waals surface area contributed by atoms with E-state index in [9.17, 15) is 18.4 Å². The number of anilines is 1. The van der Waals surface area contributed by atoms with Gasteiger partial charge < -0.3 is 14.8 Å². The van der Waals surface area contributed by atoms with Crippen molar-refractivity contribution in [3.05, 3.63) is 95.1 Å². The molecule has 0 unspecified atom stereocenters. The number of methoxy groups -OCH3 is 1. The molecule has 0 saturated heterocycles. The van der Waals surface area contributed by atoms with Crippen LogP contribution in [0.5, 0.6) is 5.75 Å². The molecule has 3 aromatic carbocycles. The Balaban J connectivity index is 1.64. The number of benzene rings is 3. The molecule has 0 atom stereocenters. The number of nitrogens with one attached hydrogen (secondary N) is 1. The van der Waals surface area contributed by atoms with Gasteiger partial charge in [0.25, 0.3) is 0 Å². The van der Waals surface area contributed by atoms with E-state index >= 15 is 0 Å². The Bertz CT molecular complexity index is 1160. The molecule has 5 nitrogen and oxygen atoms in total. The van der Waals surface area contributed by atoms with E-state index in [1.54, 1.807) is 60.7 Å². The van der Waals surface area contributed by atoms with Gasteiger partial charge in [0.05, 0.1) is 19.1 Å². The molecule has 0 saturated carbocycles. The second-order valence-electron chi connectivity index (χ2n) is 6.65. The fourth-order valence-corrected chi connectivity index (χ4v) is 2.84. The van der Waals surface area contributed by atoms with Gasteiger partial charge in [-0.2, -0.15) is 8.78 Å². The van der Waals surface area contributed by atoms with Gasteiger partial charge in [0.15, 0.2) is 0 Å². The molecule has 0 aromatic heterocycles. The number of carbonyl (C=O) groups excluding carboxylic acids is 2. The molecule has 3 aromatic rings. The molecule has 3 rings (SSSR count). The summed E-state index contributed by atoms with van der Waals surface area (Å²) in [5.41, 5.74) is 2.98. The van der Waals surface area contributed by atoms with Gasteiger partial charge >= 0.3 is 12.6 Å². The predicted molar refractivity (Wildman–Crippen MR) is 116 cm³/mol. The fraction of sp³-hybridized carbons (Fsp3) is 0.120. The second-order valence-corrected chi connectivity index (χ2v) is 6.65. The monoisotopic (exact) mass is 435 g/mol. The molecule has 0 aliphatic heterocycles. The minimum absolute atomic E-state index is 0.0348. The third-order valence-corrected chi connectivity index (χ3v) is 4.29. The van der Waals surface area contributed by atoms with Crippen LogP contribution in [-0.4, -0.2) is 25.6 Å². The zero-order chi connectivity index (χ0) is 22.9. The highest BCUT2D eigenvalue weighted by molar-refractivity contribution is 5.92. The summed E-state index contributed by atoms with van der Waals surface area (Å²) in [7, 11) is 1.32. The molecule has 0 radical (unpaired) electrons. The van der Waals surface area contributed by atoms with Crippen LogP contribution in [0.1, 0.15) is 27.0 Å². The first-order chi connectivity index (χ1) is 15.4. The van der Waals surface area contributed by atoms with E-state index in [-0.39, 0.29) is 18.1 Å². The Morgan fingerprint density at radius 3 is 2.25 bits per heavy atom. The summed E-state index contributed by atoms with van der Waals surface area (Å²) in [6.45, 7) is -2.89. The van der Waals surface area contributed by atoms with Crippen LogP contribution >= 0.6 is 0 Å². The largest absolute Gasteiger partial charge is 0.465 e. The first-order valence-electron chi connectivity index (χ1n) is 9.57. The molecule has 0 aliphatic rings. The van der Waals surface area contributed by atoms with Crippen molar-refractivity contribution >= 4 is 17.6 Å². The molecule has 1 N–H and O–H groups in total. The summed E-state index contributed by atoms with van der Waals surface area (Å²) in [5, 5.41) is 2.79. The zero-order valence-corrected chi connectivity index (χ0v) is 17.1. The molecular weight excluding hydrogens is 416 g/mol. The molecular formula is C25H19F2NO4. The topological polar surface area (TPSA) is 64.6 Å². The Morgan fingerprint density at radius 1 is 0.938 bits per heavy atom. The lowest BCUT2D eigenvalue weighted by molar-refractivity contribution is -0.115. The Morgan fingerprint density at radius 2 is 1.59 bits per heavy atom. The molecule has 0 fully saturated rings. The maximum absolute atomic E-state index is 12.3. The molecule has 32 heavy (non-hydrogen) atoms. The maximum Gasteiger partial charge on any atom is 0.387 e. The number of alkyl halides is 2. The van der Waals surface area contributed by atoms with Crippen LogP contribution in [0.3, 0.4) is 0 Å². The Hall–Kier alpha value is -4.18. The Labute approximate surface area is 184 Å². The lowest BCUT2D eigenvalue weighted by Crippen LogP contribution is -2.14. The van der Waals surface area contributed by atoms with Crippen LogP contribution in [0.2, 0.25) is 0 Å². The van der Waals surface area contributed by atoms with E-state index in [1.807, 2.05) is 0 Å². The summed E-state index contributed by atoms with van der Waals surface area (Å²) >= 11 is 0. The number of hydrogen-bond acceptors (Lipinski definition) is 4. The van der Waals surface area contributed by atoms with Crippen molar-refractivity contribution in [3.8, 4) is 17.6 Å². The van der Waals surface area contributed by atoms with Gasteiger partial charge in [0.2, 0.25) is 5.91 Å². The number of esters is 1. The minimum Gasteiger partial charge on any atom is -0.465 e. The van der Waals surface area contributed by atoms with Gasteiger partial charge in [-0.3, -0.25) is 4.79 Å². The van der Waals surface area contributed by atoms with Crippen LogP contribution < -0.4 is 10.1 Å². The minimum atomic E-state index is -2.89. The van der Waals surface area contributed by atoms with Crippen LogP contribution in [0, 0.1) is 11.8 Å². The molecule has 0 aliphatic carbocycles. The number of amides is 1. The van der Waals surface area contributed by atoms with Gasteiger partial charge in [0, 0.05) is 16.8 Å². The van der Waals surface area contributed by atoms with E-state index in [0.29, 0.717) is 27.9 Å². The lowest BCUT2D eigenvalue weighted by atomic mass is 10.1. The van der Waals surface area contributed by atoms with Crippen molar-refractivity contribution in [2.45, 2.75) is 13.0 Å². The van der Waals surface area contributed by atoms with Crippen molar-refractivity contribution in [2.24, 2.45) is 0 Å². The molecule has 7 heteroatoms. The van der Waals surface area contributed by atoms with Gasteiger partial charge in [-0.05, 0) is 54.1 Å². The highest BCUT2D eigenvalue weighted by Gasteiger charge is 2.07. The first-order valence-corrected chi connectivity index (χ1v) is 9.57. The second kappa shape index (κ2) is 10.7. The van der Waals surface area contributed by atoms with Gasteiger partial charge in [-0.15, -0.1) is 0 Å². The molecule has 0 heterocycles. The zero-order valence-electron chi connectivity index (χ0n) is 17.1. The van der Waals surface area contributed by atoms with Crippen molar-refractivity contribution < 1.29 is 27.8 Å². The SMILES string of the molecule is COC(=O)c1cccc(C#Cc2cccc(NC(=O)Cc3ccc(OC(F)F)cc3)c2)c1. The summed E-state index contributed by atoms with van der Waals surface area (Å²) in [5.74, 6) is 5.32. The van der Waals surface area contributed by atoms with E-state index in [0.717, 1.165) is 0 Å². The Kier molecular flexibility index (Phi) is 7.55. The van der Waals surface area contributed by atoms with E-state index in [2.05, 4.69) is 21.9 Å². The highest BCUT2D eigenvalue weighted by atomic mass is 19.3. The summed E-state index contributed by atoms with van der Waals surface area (Å²) in [6, 6.07) is 19.7. The number of rotatable bonds is 6. The average molecular weight is 435 g/mol. The van der Waals surface area contributed by atoms with Gasteiger partial charge in [-0.1, -0.05) is 36.1 Å². The standard InChI is InChI=1S/C25H19F2NO4/c1-31-24(30)20-6-2-4-17(14-20)8-9-18-5-3-7-21(15-18)28-23(29)16-19-10-12-22(13-11-19)32-25(26)27/h2-7,10-15,25H,16H2,1H3,(H,28,29). The quantitative estimate of drug-likeness (QED) is 0.452. The maximum atomic E-state index is 12.3. The average Bonchev–Trinajstić information content (AvgIpc) is 2.78. The molecule has 0 spiro atoms. The normalized spacial score (nSPS) is 10.1. The van der Waals surface area contributed by atoms with Crippen molar-refractivity contribution in [1.82, 2.24) is 0 Å². The van der Waals surface area contributed by atoms with Crippen LogP contribution in [0.4, 0.5) is 14.5 Å². The lowest BCUT2D eigenvalue weighted by Gasteiger charge is -2.07. The van der Waals surface area contributed by atoms with Crippen LogP contribution in [0.15, 0.2) is 72.8 Å². The van der Waals surface area contributed by atoms with Gasteiger partial charge in [0.1, 0.15) is 5.75 Å². The highest BCUT2D eigenvalue weighted by Crippen LogP contribution is 2.16. The van der Waals surface area contributed by atoms with Crippen LogP contribution in [-0.2, 0) is 16.0 Å². The van der Waals surface area contributed by atoms with Crippen molar-refractivity contribution in [1.29, 1.82) is 0 Å². The van der Waals surface area contributed by atoms with E-state index < -0.39 is 12.6 Å². The predicted octanol–water partition coefficient (Wildman–Crippen LogP) is 4.66. The van der Waals surface area contributed by atoms with E-state index in [1.165, 1.54) is 19.2 Å². The van der Waals surface area contributed by atoms with Crippen molar-refractivity contribution in [3.63, 3.8) is 0 Å². The third-order valence-electron chi connectivity index (χ3n) is 4.29.